The van der Waals surface area contributed by atoms with Crippen molar-refractivity contribution < 1.29 is 9.84 Å². The van der Waals surface area contributed by atoms with Crippen molar-refractivity contribution in [1.82, 2.24) is 4.90 Å². The highest BCUT2D eigenvalue weighted by atomic mass is 32.1. The predicted octanol–water partition coefficient (Wildman–Crippen LogP) is 2.91. The number of hydrogen-bond donors (Lipinski definition) is 1. The van der Waals surface area contributed by atoms with Crippen molar-refractivity contribution in [3.63, 3.8) is 0 Å². The maximum absolute atomic E-state index is 10.0. The molecule has 4 heteroatoms. The lowest BCUT2D eigenvalue weighted by Crippen LogP contribution is -2.39. The van der Waals surface area contributed by atoms with Crippen LogP contribution in [0.2, 0.25) is 0 Å². The van der Waals surface area contributed by atoms with E-state index in [0.717, 1.165) is 13.0 Å². The molecule has 0 aliphatic heterocycles. The molecule has 0 aliphatic rings. The van der Waals surface area contributed by atoms with Crippen LogP contribution in [-0.4, -0.2) is 41.9 Å². The van der Waals surface area contributed by atoms with Gasteiger partial charge in [0.05, 0.1) is 19.3 Å². The zero-order chi connectivity index (χ0) is 14.1. The molecule has 1 heterocycles. The van der Waals surface area contributed by atoms with E-state index in [2.05, 4.69) is 42.2 Å². The first-order chi connectivity index (χ1) is 9.17. The minimum Gasteiger partial charge on any atom is -0.389 e. The maximum atomic E-state index is 10.0. The van der Waals surface area contributed by atoms with E-state index in [4.69, 9.17) is 4.74 Å². The summed E-state index contributed by atoms with van der Waals surface area (Å²) in [7, 11) is 0. The molecular weight excluding hydrogens is 258 g/mol. The van der Waals surface area contributed by atoms with Gasteiger partial charge in [0.15, 0.2) is 0 Å². The van der Waals surface area contributed by atoms with Crippen LogP contribution in [0, 0.1) is 0 Å². The molecule has 1 N–H and O–H groups in total. The number of aliphatic hydroxyl groups is 1. The van der Waals surface area contributed by atoms with E-state index in [0.29, 0.717) is 25.8 Å². The number of rotatable bonds is 10. The fraction of sp³-hybridized carbons (Fsp3) is 0.600. The highest BCUT2D eigenvalue weighted by Gasteiger charge is 2.17. The molecule has 0 radical (unpaired) electrons. The molecule has 0 amide bonds. The summed E-state index contributed by atoms with van der Waals surface area (Å²) in [4.78, 5) is 2.31. The van der Waals surface area contributed by atoms with Crippen LogP contribution >= 0.6 is 11.3 Å². The number of thiophene rings is 1. The third-order valence-electron chi connectivity index (χ3n) is 3.17. The summed E-state index contributed by atoms with van der Waals surface area (Å²) in [6, 6.07) is 2.59. The third-order valence-corrected chi connectivity index (χ3v) is 3.90. The van der Waals surface area contributed by atoms with Crippen LogP contribution in [0.3, 0.4) is 0 Å². The highest BCUT2D eigenvalue weighted by molar-refractivity contribution is 7.07. The minimum atomic E-state index is -0.451. The van der Waals surface area contributed by atoms with Gasteiger partial charge in [0.2, 0.25) is 0 Å². The van der Waals surface area contributed by atoms with Crippen molar-refractivity contribution in [2.24, 2.45) is 0 Å². The molecule has 0 fully saturated rings. The van der Waals surface area contributed by atoms with Crippen molar-refractivity contribution in [3.05, 3.63) is 35.0 Å². The Hall–Kier alpha value is -0.680. The molecule has 0 saturated carbocycles. The Morgan fingerprint density at radius 3 is 2.95 bits per heavy atom. The zero-order valence-corrected chi connectivity index (χ0v) is 12.7. The Kier molecular flexibility index (Phi) is 7.98. The summed E-state index contributed by atoms with van der Waals surface area (Å²) >= 11 is 1.71. The standard InChI is InChI=1S/C15H25NO2S/c1-4-7-18-11-15(17)10-16(13(3)5-2)9-14-6-8-19-12-14/h4,6,8,12-13,15,17H,1,5,7,9-11H2,2-3H3/t13-,15+/m1/s1. The maximum Gasteiger partial charge on any atom is 0.0900 e. The summed E-state index contributed by atoms with van der Waals surface area (Å²) < 4.78 is 5.30. The summed E-state index contributed by atoms with van der Waals surface area (Å²) in [6.45, 7) is 10.3. The highest BCUT2D eigenvalue weighted by Crippen LogP contribution is 2.14. The quantitative estimate of drug-likeness (QED) is 0.529. The molecule has 0 saturated heterocycles. The molecule has 19 heavy (non-hydrogen) atoms. The van der Waals surface area contributed by atoms with Crippen molar-refractivity contribution >= 4 is 11.3 Å². The second kappa shape index (κ2) is 9.26. The van der Waals surface area contributed by atoms with E-state index >= 15 is 0 Å². The first-order valence-corrected chi connectivity index (χ1v) is 7.73. The number of hydrogen-bond acceptors (Lipinski definition) is 4. The Labute approximate surface area is 120 Å². The van der Waals surface area contributed by atoms with Crippen LogP contribution in [0.25, 0.3) is 0 Å². The molecule has 1 aromatic rings. The Bertz CT molecular complexity index is 340. The Balaban J connectivity index is 2.47. The van der Waals surface area contributed by atoms with Crippen molar-refractivity contribution in [2.75, 3.05) is 19.8 Å². The number of nitrogens with zero attached hydrogens (tertiary/aromatic N) is 1. The van der Waals surface area contributed by atoms with Gasteiger partial charge in [-0.3, -0.25) is 4.90 Å². The SMILES string of the molecule is C=CCOC[C@@H](O)CN(Cc1ccsc1)[C@H](C)CC. The molecule has 2 atom stereocenters. The van der Waals surface area contributed by atoms with E-state index in [1.54, 1.807) is 17.4 Å². The lowest BCUT2D eigenvalue weighted by Gasteiger charge is -2.30. The van der Waals surface area contributed by atoms with Gasteiger partial charge in [0.25, 0.3) is 0 Å². The summed E-state index contributed by atoms with van der Waals surface area (Å²) in [5.74, 6) is 0. The van der Waals surface area contributed by atoms with E-state index in [9.17, 15) is 5.11 Å². The first kappa shape index (κ1) is 16.4. The fourth-order valence-corrected chi connectivity index (χ4v) is 2.55. The molecule has 0 aliphatic carbocycles. The Morgan fingerprint density at radius 2 is 2.37 bits per heavy atom. The second-order valence-electron chi connectivity index (χ2n) is 4.80. The second-order valence-corrected chi connectivity index (χ2v) is 5.58. The smallest absolute Gasteiger partial charge is 0.0900 e. The van der Waals surface area contributed by atoms with Crippen molar-refractivity contribution in [3.8, 4) is 0 Å². The fourth-order valence-electron chi connectivity index (χ4n) is 1.89. The van der Waals surface area contributed by atoms with Crippen molar-refractivity contribution in [2.45, 2.75) is 39.0 Å². The van der Waals surface area contributed by atoms with E-state index < -0.39 is 6.10 Å². The molecule has 0 spiro atoms. The molecule has 1 aromatic heterocycles. The van der Waals surface area contributed by atoms with Crippen LogP contribution < -0.4 is 0 Å². The summed E-state index contributed by atoms with van der Waals surface area (Å²) in [6.07, 6.45) is 2.32. The van der Waals surface area contributed by atoms with Crippen LogP contribution in [0.5, 0.6) is 0 Å². The van der Waals surface area contributed by atoms with E-state index in [1.807, 2.05) is 0 Å². The topological polar surface area (TPSA) is 32.7 Å². The van der Waals surface area contributed by atoms with Crippen LogP contribution in [0.15, 0.2) is 29.5 Å². The zero-order valence-electron chi connectivity index (χ0n) is 11.9. The van der Waals surface area contributed by atoms with E-state index in [-0.39, 0.29) is 0 Å². The van der Waals surface area contributed by atoms with Gasteiger partial charge in [0, 0.05) is 19.1 Å². The number of aliphatic hydroxyl groups excluding tert-OH is 1. The molecule has 0 unspecified atom stereocenters. The van der Waals surface area contributed by atoms with Gasteiger partial charge in [-0.25, -0.2) is 0 Å². The summed E-state index contributed by atoms with van der Waals surface area (Å²) in [5.41, 5.74) is 1.31. The average Bonchev–Trinajstić information content (AvgIpc) is 2.90. The molecule has 3 nitrogen and oxygen atoms in total. The normalized spacial score (nSPS) is 14.5. The lowest BCUT2D eigenvalue weighted by atomic mass is 10.1. The van der Waals surface area contributed by atoms with Gasteiger partial charge in [-0.05, 0) is 35.7 Å². The van der Waals surface area contributed by atoms with Crippen LogP contribution in [0.4, 0.5) is 0 Å². The molecule has 108 valence electrons. The van der Waals surface area contributed by atoms with Gasteiger partial charge in [0.1, 0.15) is 0 Å². The number of ether oxygens (including phenoxy) is 1. The molecule has 0 aromatic carbocycles. The van der Waals surface area contributed by atoms with Gasteiger partial charge in [-0.1, -0.05) is 13.0 Å². The van der Waals surface area contributed by atoms with E-state index in [1.165, 1.54) is 5.56 Å². The first-order valence-electron chi connectivity index (χ1n) is 6.79. The van der Waals surface area contributed by atoms with Gasteiger partial charge in [-0.15, -0.1) is 6.58 Å². The van der Waals surface area contributed by atoms with Gasteiger partial charge < -0.3 is 9.84 Å². The van der Waals surface area contributed by atoms with Crippen LogP contribution in [-0.2, 0) is 11.3 Å². The third kappa shape index (κ3) is 6.34. The Morgan fingerprint density at radius 1 is 1.58 bits per heavy atom. The minimum absolute atomic E-state index is 0.364. The molecule has 1 rings (SSSR count). The lowest BCUT2D eigenvalue weighted by molar-refractivity contribution is 0.0157. The largest absolute Gasteiger partial charge is 0.389 e. The molecular formula is C15H25NO2S. The van der Waals surface area contributed by atoms with Crippen LogP contribution in [0.1, 0.15) is 25.8 Å². The summed E-state index contributed by atoms with van der Waals surface area (Å²) in [5, 5.41) is 14.3. The van der Waals surface area contributed by atoms with Crippen molar-refractivity contribution in [1.29, 1.82) is 0 Å². The van der Waals surface area contributed by atoms with Gasteiger partial charge in [-0.2, -0.15) is 11.3 Å². The predicted molar refractivity (Wildman–Crippen MR) is 81.5 cm³/mol. The van der Waals surface area contributed by atoms with Gasteiger partial charge >= 0.3 is 0 Å². The molecule has 0 bridgehead atoms. The monoisotopic (exact) mass is 283 g/mol. The average molecular weight is 283 g/mol.